The molecule has 4 aromatic rings. The quantitative estimate of drug-likeness (QED) is 0.603. The zero-order valence-electron chi connectivity index (χ0n) is 15.3. The summed E-state index contributed by atoms with van der Waals surface area (Å²) in [5.74, 6) is -0.0230. The van der Waals surface area contributed by atoms with Gasteiger partial charge in [0.1, 0.15) is 6.33 Å². The molecule has 0 aliphatic heterocycles. The molecule has 0 atom stereocenters. The van der Waals surface area contributed by atoms with Crippen LogP contribution in [0, 0.1) is 13.8 Å². The Morgan fingerprint density at radius 3 is 2.74 bits per heavy atom. The van der Waals surface area contributed by atoms with E-state index in [9.17, 15) is 4.79 Å². The average Bonchev–Trinajstić information content (AvgIpc) is 3.23. The van der Waals surface area contributed by atoms with Gasteiger partial charge in [0.25, 0.3) is 5.91 Å². The average molecular weight is 361 g/mol. The number of anilines is 1. The lowest BCUT2D eigenvalue weighted by Crippen LogP contribution is -2.14. The Bertz CT molecular complexity index is 1120. The van der Waals surface area contributed by atoms with E-state index in [1.165, 1.54) is 5.56 Å². The van der Waals surface area contributed by atoms with Gasteiger partial charge < -0.3 is 0 Å². The number of benzene rings is 1. The van der Waals surface area contributed by atoms with Crippen LogP contribution in [0.15, 0.2) is 42.9 Å². The highest BCUT2D eigenvalue weighted by Gasteiger charge is 2.16. The van der Waals surface area contributed by atoms with E-state index < -0.39 is 0 Å². The highest BCUT2D eigenvalue weighted by Crippen LogP contribution is 2.18. The predicted octanol–water partition coefficient (Wildman–Crippen LogP) is 2.48. The van der Waals surface area contributed by atoms with E-state index in [1.54, 1.807) is 35.0 Å². The lowest BCUT2D eigenvalue weighted by atomic mass is 10.1. The van der Waals surface area contributed by atoms with Crippen LogP contribution < -0.4 is 5.32 Å². The molecule has 0 saturated heterocycles. The van der Waals surface area contributed by atoms with Crippen LogP contribution in [-0.2, 0) is 13.6 Å². The van der Waals surface area contributed by atoms with Gasteiger partial charge in [-0.25, -0.2) is 14.6 Å². The van der Waals surface area contributed by atoms with Crippen LogP contribution in [0.3, 0.4) is 0 Å². The van der Waals surface area contributed by atoms with Gasteiger partial charge in [0.05, 0.1) is 23.7 Å². The van der Waals surface area contributed by atoms with E-state index in [2.05, 4.69) is 37.6 Å². The number of nitrogens with zero attached hydrogens (tertiary/aromatic N) is 6. The molecule has 27 heavy (non-hydrogen) atoms. The van der Waals surface area contributed by atoms with E-state index in [4.69, 9.17) is 0 Å². The Hall–Kier alpha value is -3.55. The fourth-order valence-electron chi connectivity index (χ4n) is 2.90. The van der Waals surface area contributed by atoms with Crippen molar-refractivity contribution in [1.29, 1.82) is 0 Å². The number of nitrogens with one attached hydrogen (secondary N) is 1. The number of carbonyl (C=O) groups excluding carboxylic acids is 1. The van der Waals surface area contributed by atoms with Crippen LogP contribution in [0.1, 0.15) is 27.2 Å². The first kappa shape index (κ1) is 16.9. The van der Waals surface area contributed by atoms with Crippen molar-refractivity contribution in [2.24, 2.45) is 7.05 Å². The molecule has 3 aromatic heterocycles. The van der Waals surface area contributed by atoms with Gasteiger partial charge in [-0.05, 0) is 25.5 Å². The molecule has 8 heteroatoms. The molecule has 0 bridgehead atoms. The van der Waals surface area contributed by atoms with Crippen molar-refractivity contribution in [2.75, 3.05) is 5.32 Å². The lowest BCUT2D eigenvalue weighted by Gasteiger charge is -2.05. The second-order valence-corrected chi connectivity index (χ2v) is 6.52. The lowest BCUT2D eigenvalue weighted by molar-refractivity contribution is 0.102. The second kappa shape index (κ2) is 6.64. The van der Waals surface area contributed by atoms with E-state index >= 15 is 0 Å². The largest absolute Gasteiger partial charge is 0.289 e. The van der Waals surface area contributed by atoms with Crippen molar-refractivity contribution in [1.82, 2.24) is 29.5 Å². The summed E-state index contributed by atoms with van der Waals surface area (Å²) in [6.07, 6.45) is 3.24. The highest BCUT2D eigenvalue weighted by atomic mass is 16.1. The van der Waals surface area contributed by atoms with Crippen LogP contribution in [0.4, 0.5) is 5.95 Å². The number of rotatable bonds is 4. The van der Waals surface area contributed by atoms with Gasteiger partial charge in [0, 0.05) is 12.7 Å². The van der Waals surface area contributed by atoms with Gasteiger partial charge >= 0.3 is 0 Å². The maximum absolute atomic E-state index is 12.7. The Balaban J connectivity index is 1.54. The summed E-state index contributed by atoms with van der Waals surface area (Å²) in [6, 6.07) is 9.95. The predicted molar refractivity (Wildman–Crippen MR) is 102 cm³/mol. The molecule has 0 unspecified atom stereocenters. The van der Waals surface area contributed by atoms with Gasteiger partial charge in [-0.2, -0.15) is 5.10 Å². The first-order valence-corrected chi connectivity index (χ1v) is 8.55. The molecular weight excluding hydrogens is 342 g/mol. The summed E-state index contributed by atoms with van der Waals surface area (Å²) in [5, 5.41) is 12.0. The summed E-state index contributed by atoms with van der Waals surface area (Å²) in [4.78, 5) is 21.3. The van der Waals surface area contributed by atoms with Crippen molar-refractivity contribution in [3.05, 3.63) is 65.2 Å². The normalized spacial score (nSPS) is 11.1. The minimum Gasteiger partial charge on any atom is -0.289 e. The summed E-state index contributed by atoms with van der Waals surface area (Å²) >= 11 is 0. The standard InChI is InChI=1S/C19H19N7O/c1-12-4-6-14(7-5-12)10-26-11-20-19(24-26)23-18(27)15-8-13(2)22-17-16(15)9-21-25(17)3/h4-9,11H,10H2,1-3H3,(H,23,24,27). The zero-order valence-corrected chi connectivity index (χ0v) is 15.3. The van der Waals surface area contributed by atoms with Crippen molar-refractivity contribution in [3.63, 3.8) is 0 Å². The fraction of sp³-hybridized carbons (Fsp3) is 0.211. The van der Waals surface area contributed by atoms with E-state index in [0.717, 1.165) is 11.3 Å². The topological polar surface area (TPSA) is 90.5 Å². The number of hydrogen-bond acceptors (Lipinski definition) is 5. The monoisotopic (exact) mass is 361 g/mol. The molecule has 0 radical (unpaired) electrons. The Kier molecular flexibility index (Phi) is 4.15. The number of hydrogen-bond donors (Lipinski definition) is 1. The zero-order chi connectivity index (χ0) is 19.0. The summed E-state index contributed by atoms with van der Waals surface area (Å²) in [6.45, 7) is 4.48. The maximum Gasteiger partial charge on any atom is 0.258 e. The van der Waals surface area contributed by atoms with Gasteiger partial charge in [0.2, 0.25) is 5.95 Å². The summed E-state index contributed by atoms with van der Waals surface area (Å²) in [5.41, 5.74) is 4.23. The first-order valence-electron chi connectivity index (χ1n) is 8.55. The number of carbonyl (C=O) groups is 1. The molecule has 1 N–H and O–H groups in total. The molecule has 0 aliphatic rings. The maximum atomic E-state index is 12.7. The van der Waals surface area contributed by atoms with Gasteiger partial charge in [-0.3, -0.25) is 14.8 Å². The molecule has 4 rings (SSSR count). The second-order valence-electron chi connectivity index (χ2n) is 6.52. The molecule has 1 amide bonds. The van der Waals surface area contributed by atoms with Crippen LogP contribution >= 0.6 is 0 Å². The van der Waals surface area contributed by atoms with Crippen LogP contribution in [-0.4, -0.2) is 35.4 Å². The van der Waals surface area contributed by atoms with Crippen LogP contribution in [0.5, 0.6) is 0 Å². The number of amides is 1. The number of aromatic nitrogens is 6. The van der Waals surface area contributed by atoms with Crippen molar-refractivity contribution in [2.45, 2.75) is 20.4 Å². The van der Waals surface area contributed by atoms with Crippen LogP contribution in [0.2, 0.25) is 0 Å². The van der Waals surface area contributed by atoms with Crippen molar-refractivity contribution >= 4 is 22.9 Å². The van der Waals surface area contributed by atoms with Gasteiger partial charge in [0.15, 0.2) is 5.65 Å². The molecule has 1 aromatic carbocycles. The SMILES string of the molecule is Cc1ccc(Cn2cnc(NC(=O)c3cc(C)nc4c3cnn4C)n2)cc1. The molecule has 0 fully saturated rings. The van der Waals surface area contributed by atoms with E-state index in [-0.39, 0.29) is 11.9 Å². The number of fused-ring (bicyclic) bond motifs is 1. The smallest absolute Gasteiger partial charge is 0.258 e. The van der Waals surface area contributed by atoms with Crippen molar-refractivity contribution in [3.8, 4) is 0 Å². The van der Waals surface area contributed by atoms with Gasteiger partial charge in [-0.15, -0.1) is 5.10 Å². The molecule has 0 saturated carbocycles. The van der Waals surface area contributed by atoms with Crippen LogP contribution in [0.25, 0.3) is 11.0 Å². The molecule has 8 nitrogen and oxygen atoms in total. The molecular formula is C19H19N7O. The Labute approximate surface area is 155 Å². The third kappa shape index (κ3) is 3.41. The summed E-state index contributed by atoms with van der Waals surface area (Å²) in [7, 11) is 1.80. The third-order valence-electron chi connectivity index (χ3n) is 4.30. The minimum atomic E-state index is -0.286. The molecule has 0 aliphatic carbocycles. The fourth-order valence-corrected chi connectivity index (χ4v) is 2.90. The highest BCUT2D eigenvalue weighted by molar-refractivity contribution is 6.11. The van der Waals surface area contributed by atoms with E-state index in [1.807, 2.05) is 26.0 Å². The Morgan fingerprint density at radius 1 is 1.19 bits per heavy atom. The van der Waals surface area contributed by atoms with E-state index in [0.29, 0.717) is 23.1 Å². The first-order chi connectivity index (χ1) is 13.0. The number of pyridine rings is 1. The minimum absolute atomic E-state index is 0.263. The third-order valence-corrected chi connectivity index (χ3v) is 4.30. The molecule has 3 heterocycles. The van der Waals surface area contributed by atoms with Gasteiger partial charge in [-0.1, -0.05) is 29.8 Å². The molecule has 0 spiro atoms. The van der Waals surface area contributed by atoms with Crippen molar-refractivity contribution < 1.29 is 4.79 Å². The molecule has 136 valence electrons. The number of aryl methyl sites for hydroxylation is 3. The summed E-state index contributed by atoms with van der Waals surface area (Å²) < 4.78 is 3.34. The Morgan fingerprint density at radius 2 is 1.96 bits per heavy atom.